The first kappa shape index (κ1) is 11.6. The molecule has 0 aliphatic carbocycles. The van der Waals surface area contributed by atoms with Crippen LogP contribution in [0.15, 0.2) is 36.7 Å². The SMILES string of the molecule is CCc1ccc(CNc2cc(C)ncn2)cc1. The highest BCUT2D eigenvalue weighted by atomic mass is 15.0. The van der Waals surface area contributed by atoms with Crippen molar-refractivity contribution in [2.75, 3.05) is 5.32 Å². The monoisotopic (exact) mass is 227 g/mol. The van der Waals surface area contributed by atoms with Gasteiger partial charge in [-0.3, -0.25) is 0 Å². The molecular weight excluding hydrogens is 210 g/mol. The second-order valence-corrected chi connectivity index (χ2v) is 4.07. The summed E-state index contributed by atoms with van der Waals surface area (Å²) in [6.07, 6.45) is 2.66. The van der Waals surface area contributed by atoms with E-state index in [1.807, 2.05) is 13.0 Å². The summed E-state index contributed by atoms with van der Waals surface area (Å²) < 4.78 is 0. The van der Waals surface area contributed by atoms with Gasteiger partial charge in [0.15, 0.2) is 0 Å². The molecule has 0 amide bonds. The molecule has 0 atom stereocenters. The molecule has 2 rings (SSSR count). The fourth-order valence-electron chi connectivity index (χ4n) is 1.64. The van der Waals surface area contributed by atoms with E-state index in [0.717, 1.165) is 24.5 Å². The molecule has 0 bridgehead atoms. The van der Waals surface area contributed by atoms with Crippen molar-refractivity contribution in [3.63, 3.8) is 0 Å². The van der Waals surface area contributed by atoms with Gasteiger partial charge in [-0.25, -0.2) is 9.97 Å². The van der Waals surface area contributed by atoms with Crippen LogP contribution in [-0.4, -0.2) is 9.97 Å². The van der Waals surface area contributed by atoms with E-state index in [9.17, 15) is 0 Å². The third-order valence-corrected chi connectivity index (χ3v) is 2.71. The number of aryl methyl sites for hydroxylation is 2. The van der Waals surface area contributed by atoms with Crippen molar-refractivity contribution in [2.24, 2.45) is 0 Å². The Morgan fingerprint density at radius 2 is 1.76 bits per heavy atom. The Morgan fingerprint density at radius 1 is 1.06 bits per heavy atom. The average molecular weight is 227 g/mol. The van der Waals surface area contributed by atoms with Gasteiger partial charge in [-0.1, -0.05) is 31.2 Å². The molecule has 0 aliphatic heterocycles. The molecule has 0 spiro atoms. The molecular formula is C14H17N3. The summed E-state index contributed by atoms with van der Waals surface area (Å²) in [5.41, 5.74) is 3.61. The van der Waals surface area contributed by atoms with Gasteiger partial charge in [-0.2, -0.15) is 0 Å². The number of nitrogens with one attached hydrogen (secondary N) is 1. The molecule has 88 valence electrons. The van der Waals surface area contributed by atoms with Gasteiger partial charge in [0.2, 0.25) is 0 Å². The first-order chi connectivity index (χ1) is 8.28. The zero-order valence-corrected chi connectivity index (χ0v) is 10.3. The van der Waals surface area contributed by atoms with Crippen molar-refractivity contribution in [3.05, 3.63) is 53.5 Å². The first-order valence-electron chi connectivity index (χ1n) is 5.88. The lowest BCUT2D eigenvalue weighted by Gasteiger charge is -2.06. The Balaban J connectivity index is 1.97. The van der Waals surface area contributed by atoms with Crippen LogP contribution in [0.5, 0.6) is 0 Å². The molecule has 0 aliphatic rings. The number of hydrogen-bond acceptors (Lipinski definition) is 3. The summed E-state index contributed by atoms with van der Waals surface area (Å²) in [7, 11) is 0. The van der Waals surface area contributed by atoms with E-state index >= 15 is 0 Å². The number of aromatic nitrogens is 2. The van der Waals surface area contributed by atoms with Crippen molar-refractivity contribution in [1.29, 1.82) is 0 Å². The van der Waals surface area contributed by atoms with Gasteiger partial charge >= 0.3 is 0 Å². The summed E-state index contributed by atoms with van der Waals surface area (Å²) >= 11 is 0. The quantitative estimate of drug-likeness (QED) is 0.872. The Morgan fingerprint density at radius 3 is 2.41 bits per heavy atom. The van der Waals surface area contributed by atoms with Gasteiger partial charge in [0.05, 0.1) is 0 Å². The molecule has 2 aromatic rings. The van der Waals surface area contributed by atoms with Crippen molar-refractivity contribution in [2.45, 2.75) is 26.8 Å². The van der Waals surface area contributed by atoms with Gasteiger partial charge in [-0.15, -0.1) is 0 Å². The molecule has 1 aromatic heterocycles. The molecule has 3 heteroatoms. The normalized spacial score (nSPS) is 10.2. The lowest BCUT2D eigenvalue weighted by molar-refractivity contribution is 1.05. The predicted molar refractivity (Wildman–Crippen MR) is 69.9 cm³/mol. The molecule has 0 saturated heterocycles. The summed E-state index contributed by atoms with van der Waals surface area (Å²) in [5.74, 6) is 0.872. The zero-order valence-electron chi connectivity index (χ0n) is 10.3. The fraction of sp³-hybridized carbons (Fsp3) is 0.286. The third kappa shape index (κ3) is 3.28. The molecule has 1 aromatic carbocycles. The summed E-state index contributed by atoms with van der Waals surface area (Å²) in [6.45, 7) is 4.92. The van der Waals surface area contributed by atoms with Crippen LogP contribution in [-0.2, 0) is 13.0 Å². The highest BCUT2D eigenvalue weighted by Gasteiger charge is 1.96. The van der Waals surface area contributed by atoms with Crippen LogP contribution in [0.3, 0.4) is 0 Å². The molecule has 17 heavy (non-hydrogen) atoms. The van der Waals surface area contributed by atoms with Crippen LogP contribution >= 0.6 is 0 Å². The van der Waals surface area contributed by atoms with E-state index < -0.39 is 0 Å². The molecule has 0 unspecified atom stereocenters. The lowest BCUT2D eigenvalue weighted by atomic mass is 10.1. The Kier molecular flexibility index (Phi) is 3.70. The minimum Gasteiger partial charge on any atom is -0.366 e. The number of anilines is 1. The van der Waals surface area contributed by atoms with Crippen LogP contribution in [0.1, 0.15) is 23.7 Å². The molecule has 1 N–H and O–H groups in total. The largest absolute Gasteiger partial charge is 0.366 e. The predicted octanol–water partition coefficient (Wildman–Crippen LogP) is 2.96. The first-order valence-corrected chi connectivity index (χ1v) is 5.88. The van der Waals surface area contributed by atoms with Gasteiger partial charge in [0.25, 0.3) is 0 Å². The number of benzene rings is 1. The highest BCUT2D eigenvalue weighted by Crippen LogP contribution is 2.08. The standard InChI is InChI=1S/C14H17N3/c1-3-12-4-6-13(7-5-12)9-15-14-8-11(2)16-10-17-14/h4-8,10H,3,9H2,1-2H3,(H,15,16,17). The molecule has 0 radical (unpaired) electrons. The lowest BCUT2D eigenvalue weighted by Crippen LogP contribution is -2.02. The molecule has 1 heterocycles. The van der Waals surface area contributed by atoms with E-state index in [0.29, 0.717) is 0 Å². The third-order valence-electron chi connectivity index (χ3n) is 2.71. The van der Waals surface area contributed by atoms with Crippen molar-refractivity contribution >= 4 is 5.82 Å². The molecule has 0 saturated carbocycles. The number of nitrogens with zero attached hydrogens (tertiary/aromatic N) is 2. The molecule has 0 fully saturated rings. The van der Waals surface area contributed by atoms with Gasteiger partial charge in [0.1, 0.15) is 12.1 Å². The van der Waals surface area contributed by atoms with Crippen LogP contribution in [0.2, 0.25) is 0 Å². The average Bonchev–Trinajstić information content (AvgIpc) is 2.37. The van der Waals surface area contributed by atoms with Gasteiger partial charge < -0.3 is 5.32 Å². The second-order valence-electron chi connectivity index (χ2n) is 4.07. The fourth-order valence-corrected chi connectivity index (χ4v) is 1.64. The number of rotatable bonds is 4. The van der Waals surface area contributed by atoms with Crippen LogP contribution in [0, 0.1) is 6.92 Å². The maximum Gasteiger partial charge on any atom is 0.129 e. The summed E-state index contributed by atoms with van der Waals surface area (Å²) in [4.78, 5) is 8.23. The minimum atomic E-state index is 0.792. The van der Waals surface area contributed by atoms with Crippen molar-refractivity contribution in [1.82, 2.24) is 9.97 Å². The van der Waals surface area contributed by atoms with E-state index in [1.165, 1.54) is 11.1 Å². The van der Waals surface area contributed by atoms with E-state index in [4.69, 9.17) is 0 Å². The minimum absolute atomic E-state index is 0.792. The number of hydrogen-bond donors (Lipinski definition) is 1. The Hall–Kier alpha value is -1.90. The van der Waals surface area contributed by atoms with Crippen molar-refractivity contribution in [3.8, 4) is 0 Å². The zero-order chi connectivity index (χ0) is 12.1. The van der Waals surface area contributed by atoms with Crippen molar-refractivity contribution < 1.29 is 0 Å². The van der Waals surface area contributed by atoms with Crippen LogP contribution in [0.25, 0.3) is 0 Å². The smallest absolute Gasteiger partial charge is 0.129 e. The highest BCUT2D eigenvalue weighted by molar-refractivity contribution is 5.36. The summed E-state index contributed by atoms with van der Waals surface area (Å²) in [6, 6.07) is 10.6. The van der Waals surface area contributed by atoms with Gasteiger partial charge in [-0.05, 0) is 24.5 Å². The van der Waals surface area contributed by atoms with E-state index in [-0.39, 0.29) is 0 Å². The summed E-state index contributed by atoms with van der Waals surface area (Å²) in [5, 5.41) is 3.29. The Bertz CT molecular complexity index is 477. The topological polar surface area (TPSA) is 37.8 Å². The van der Waals surface area contributed by atoms with E-state index in [2.05, 4.69) is 46.5 Å². The maximum absolute atomic E-state index is 4.17. The second kappa shape index (κ2) is 5.43. The van der Waals surface area contributed by atoms with E-state index in [1.54, 1.807) is 6.33 Å². The van der Waals surface area contributed by atoms with Gasteiger partial charge in [0, 0.05) is 18.3 Å². The maximum atomic E-state index is 4.17. The Labute approximate surface area is 102 Å². The van der Waals surface area contributed by atoms with Crippen LogP contribution in [0.4, 0.5) is 5.82 Å². The molecule has 3 nitrogen and oxygen atoms in total. The van der Waals surface area contributed by atoms with Crippen LogP contribution < -0.4 is 5.32 Å².